The van der Waals surface area contributed by atoms with E-state index in [-0.39, 0.29) is 16.7 Å². The van der Waals surface area contributed by atoms with Gasteiger partial charge in [0, 0.05) is 11.0 Å². The molecule has 0 bridgehead atoms. The first kappa shape index (κ1) is 15.0. The van der Waals surface area contributed by atoms with Crippen molar-refractivity contribution >= 4 is 43.3 Å². The molecule has 1 aliphatic heterocycles. The quantitative estimate of drug-likeness (QED) is 0.889. The van der Waals surface area contributed by atoms with Crippen LogP contribution in [-0.2, 0) is 14.8 Å². The third-order valence-corrected chi connectivity index (χ3v) is 7.78. The molecule has 1 fully saturated rings. The van der Waals surface area contributed by atoms with Gasteiger partial charge in [-0.1, -0.05) is 6.92 Å². The summed E-state index contributed by atoms with van der Waals surface area (Å²) in [5, 5.41) is 10.9. The third kappa shape index (κ3) is 2.86. The lowest BCUT2D eigenvalue weighted by Gasteiger charge is -2.34. The van der Waals surface area contributed by atoms with Crippen LogP contribution in [0.4, 0.5) is 0 Å². The molecule has 5 nitrogen and oxygen atoms in total. The summed E-state index contributed by atoms with van der Waals surface area (Å²) in [6.45, 7) is 2.20. The van der Waals surface area contributed by atoms with Gasteiger partial charge in [-0.05, 0) is 46.1 Å². The second-order valence-electron chi connectivity index (χ2n) is 4.66. The van der Waals surface area contributed by atoms with Crippen molar-refractivity contribution in [2.75, 3.05) is 6.54 Å². The van der Waals surface area contributed by atoms with Gasteiger partial charge in [-0.3, -0.25) is 4.79 Å². The molecule has 2 rings (SSSR count). The van der Waals surface area contributed by atoms with Crippen LogP contribution in [0.15, 0.2) is 20.1 Å². The molecular formula is C11H14BrNO4S2. The lowest BCUT2D eigenvalue weighted by Crippen LogP contribution is -2.49. The van der Waals surface area contributed by atoms with E-state index in [0.717, 1.165) is 15.6 Å². The van der Waals surface area contributed by atoms with Crippen molar-refractivity contribution < 1.29 is 18.3 Å². The molecule has 1 aromatic heterocycles. The van der Waals surface area contributed by atoms with Gasteiger partial charge in [0.1, 0.15) is 10.3 Å². The van der Waals surface area contributed by atoms with Gasteiger partial charge in [0.25, 0.3) is 10.0 Å². The average Bonchev–Trinajstić information content (AvgIpc) is 2.75. The fourth-order valence-electron chi connectivity index (χ4n) is 2.20. The molecule has 8 heteroatoms. The Hall–Kier alpha value is -0.440. The van der Waals surface area contributed by atoms with E-state index in [4.69, 9.17) is 0 Å². The zero-order valence-electron chi connectivity index (χ0n) is 10.2. The van der Waals surface area contributed by atoms with Crippen LogP contribution in [0.5, 0.6) is 0 Å². The summed E-state index contributed by atoms with van der Waals surface area (Å²) in [7, 11) is -3.74. The molecule has 0 radical (unpaired) electrons. The van der Waals surface area contributed by atoms with Crippen molar-refractivity contribution in [3.63, 3.8) is 0 Å². The zero-order valence-corrected chi connectivity index (χ0v) is 13.5. The number of carbonyl (C=O) groups is 1. The van der Waals surface area contributed by atoms with Gasteiger partial charge in [-0.25, -0.2) is 8.42 Å². The highest BCUT2D eigenvalue weighted by molar-refractivity contribution is 9.10. The smallest absolute Gasteiger partial charge is 0.322 e. The molecular weight excluding hydrogens is 354 g/mol. The SMILES string of the molecule is CC1CCN(S(=O)(=O)c2sccc2Br)C(C(=O)O)C1. The maximum absolute atomic E-state index is 12.5. The van der Waals surface area contributed by atoms with Crippen molar-refractivity contribution in [1.29, 1.82) is 0 Å². The van der Waals surface area contributed by atoms with Crippen LogP contribution in [0.3, 0.4) is 0 Å². The minimum atomic E-state index is -3.74. The number of halogens is 1. The van der Waals surface area contributed by atoms with Gasteiger partial charge in [-0.15, -0.1) is 11.3 Å². The molecule has 1 aromatic rings. The number of thiophene rings is 1. The Kier molecular flexibility index (Phi) is 4.34. The third-order valence-electron chi connectivity index (χ3n) is 3.23. The average molecular weight is 368 g/mol. The molecule has 2 unspecified atom stereocenters. The second kappa shape index (κ2) is 5.51. The molecule has 0 spiro atoms. The van der Waals surface area contributed by atoms with E-state index < -0.39 is 22.0 Å². The molecule has 106 valence electrons. The van der Waals surface area contributed by atoms with Crippen LogP contribution in [-0.4, -0.2) is 36.4 Å². The van der Waals surface area contributed by atoms with E-state index >= 15 is 0 Å². The summed E-state index contributed by atoms with van der Waals surface area (Å²) >= 11 is 4.29. The number of sulfonamides is 1. The minimum Gasteiger partial charge on any atom is -0.480 e. The first-order valence-electron chi connectivity index (χ1n) is 5.81. The molecule has 1 saturated heterocycles. The van der Waals surface area contributed by atoms with Gasteiger partial charge in [0.2, 0.25) is 0 Å². The fraction of sp³-hybridized carbons (Fsp3) is 0.545. The van der Waals surface area contributed by atoms with Gasteiger partial charge in [0.15, 0.2) is 0 Å². The first-order valence-corrected chi connectivity index (χ1v) is 8.93. The van der Waals surface area contributed by atoms with Crippen LogP contribution in [0.1, 0.15) is 19.8 Å². The van der Waals surface area contributed by atoms with Gasteiger partial charge >= 0.3 is 5.97 Å². The summed E-state index contributed by atoms with van der Waals surface area (Å²) in [5.74, 6) is -0.859. The van der Waals surface area contributed by atoms with E-state index in [1.807, 2.05) is 6.92 Å². The summed E-state index contributed by atoms with van der Waals surface area (Å²) in [6, 6.07) is 0.683. The van der Waals surface area contributed by atoms with Gasteiger partial charge in [-0.2, -0.15) is 4.31 Å². The highest BCUT2D eigenvalue weighted by Gasteiger charge is 2.40. The lowest BCUT2D eigenvalue weighted by atomic mass is 9.94. The number of carboxylic acid groups (broad SMARTS) is 1. The summed E-state index contributed by atoms with van der Waals surface area (Å²) in [6.07, 6.45) is 1.05. The fourth-order valence-corrected chi connectivity index (χ4v) is 6.24. The van der Waals surface area contributed by atoms with E-state index in [0.29, 0.717) is 17.3 Å². The Bertz CT molecular complexity index is 583. The molecule has 2 heterocycles. The molecule has 1 aliphatic rings. The van der Waals surface area contributed by atoms with Crippen molar-refractivity contribution in [2.24, 2.45) is 5.92 Å². The van der Waals surface area contributed by atoms with Crippen molar-refractivity contribution in [3.8, 4) is 0 Å². The summed E-state index contributed by atoms with van der Waals surface area (Å²) in [5.41, 5.74) is 0. The predicted octanol–water partition coefficient (Wildman–Crippen LogP) is 2.38. The van der Waals surface area contributed by atoms with Gasteiger partial charge in [0.05, 0.1) is 0 Å². The maximum Gasteiger partial charge on any atom is 0.322 e. The molecule has 0 aromatic carbocycles. The molecule has 0 saturated carbocycles. The number of nitrogens with zero attached hydrogens (tertiary/aromatic N) is 1. The Morgan fingerprint density at radius 1 is 1.58 bits per heavy atom. The van der Waals surface area contributed by atoms with E-state index in [2.05, 4.69) is 15.9 Å². The standard InChI is InChI=1S/C11H14BrNO4S2/c1-7-2-4-13(9(6-7)10(14)15)19(16,17)11-8(12)3-5-18-11/h3,5,7,9H,2,4,6H2,1H3,(H,14,15). The molecule has 1 N–H and O–H groups in total. The molecule has 0 amide bonds. The van der Waals surface area contributed by atoms with Crippen LogP contribution in [0.25, 0.3) is 0 Å². The predicted molar refractivity (Wildman–Crippen MR) is 75.7 cm³/mol. The van der Waals surface area contributed by atoms with Crippen molar-refractivity contribution in [3.05, 3.63) is 15.9 Å². The number of rotatable bonds is 3. The molecule has 0 aliphatic carbocycles. The largest absolute Gasteiger partial charge is 0.480 e. The minimum absolute atomic E-state index is 0.174. The normalized spacial score (nSPS) is 25.4. The topological polar surface area (TPSA) is 74.7 Å². The van der Waals surface area contributed by atoms with Crippen molar-refractivity contribution in [2.45, 2.75) is 30.0 Å². The van der Waals surface area contributed by atoms with Crippen LogP contribution in [0.2, 0.25) is 0 Å². The second-order valence-corrected chi connectivity index (χ2v) is 8.51. The van der Waals surface area contributed by atoms with Gasteiger partial charge < -0.3 is 5.11 Å². The molecule has 2 atom stereocenters. The first-order chi connectivity index (χ1) is 8.84. The Morgan fingerprint density at radius 3 is 2.79 bits per heavy atom. The summed E-state index contributed by atoms with van der Waals surface area (Å²) in [4.78, 5) is 11.3. The lowest BCUT2D eigenvalue weighted by molar-refractivity contribution is -0.142. The van der Waals surface area contributed by atoms with Crippen LogP contribution < -0.4 is 0 Å². The Labute approximate surface area is 124 Å². The number of carboxylic acids is 1. The number of hydrogen-bond acceptors (Lipinski definition) is 4. The van der Waals surface area contributed by atoms with Crippen LogP contribution in [0, 0.1) is 5.92 Å². The van der Waals surface area contributed by atoms with E-state index in [1.165, 1.54) is 0 Å². The highest BCUT2D eigenvalue weighted by atomic mass is 79.9. The van der Waals surface area contributed by atoms with E-state index in [1.54, 1.807) is 11.4 Å². The Morgan fingerprint density at radius 2 is 2.26 bits per heavy atom. The molecule has 19 heavy (non-hydrogen) atoms. The number of aliphatic carboxylic acids is 1. The Balaban J connectivity index is 2.39. The monoisotopic (exact) mass is 367 g/mol. The zero-order chi connectivity index (χ0) is 14.2. The van der Waals surface area contributed by atoms with E-state index in [9.17, 15) is 18.3 Å². The number of piperidine rings is 1. The summed E-state index contributed by atoms with van der Waals surface area (Å²) < 4.78 is 26.8. The highest BCUT2D eigenvalue weighted by Crippen LogP contribution is 2.34. The number of hydrogen-bond donors (Lipinski definition) is 1. The van der Waals surface area contributed by atoms with Crippen LogP contribution >= 0.6 is 27.3 Å². The maximum atomic E-state index is 12.5. The van der Waals surface area contributed by atoms with Crippen molar-refractivity contribution in [1.82, 2.24) is 4.31 Å².